The molecule has 0 spiro atoms. The van der Waals surface area contributed by atoms with E-state index < -0.39 is 0 Å². The van der Waals surface area contributed by atoms with Crippen molar-refractivity contribution < 1.29 is 175 Å². The van der Waals surface area contributed by atoms with Crippen LogP contribution in [0.2, 0.25) is 0 Å². The van der Waals surface area contributed by atoms with Gasteiger partial charge in [0.25, 0.3) is 0 Å². The molecule has 0 heterocycles. The van der Waals surface area contributed by atoms with Gasteiger partial charge in [-0.25, -0.2) is 0 Å². The predicted octanol–water partition coefficient (Wildman–Crippen LogP) is -3.06. The maximum absolute atomic E-state index is 2.27. The maximum Gasteiger partial charge on any atom is 1.00 e. The van der Waals surface area contributed by atoms with E-state index in [2.05, 4.69) is 59.7 Å². The Morgan fingerprint density at radius 1 is 0.476 bits per heavy atom. The van der Waals surface area contributed by atoms with Crippen LogP contribution in [0.15, 0.2) is 18.2 Å². The standard InChI is InChI=1S/C15H21.3CH3.3Rb/c1-10(2)13-7-14(11(3)4)9-15(8-13)12(5)6;;;;;;/h7-9H,1-6H3;3*1H3;;;/q-3;3*-1;3*+1. The average Bonchev–Trinajstić information content (AvgIpc) is 2.16. The van der Waals surface area contributed by atoms with Gasteiger partial charge < -0.3 is 22.3 Å². The van der Waals surface area contributed by atoms with Crippen LogP contribution in [-0.4, -0.2) is 0 Å². The van der Waals surface area contributed by atoms with Gasteiger partial charge in [0.15, 0.2) is 0 Å². The van der Waals surface area contributed by atoms with Crippen LogP contribution in [-0.2, 0) is 0 Å². The second-order valence-electron chi connectivity index (χ2n) is 4.80. The fraction of sp³-hybridized carbons (Fsp3) is 0.333. The van der Waals surface area contributed by atoms with E-state index in [0.717, 1.165) is 0 Å². The molecule has 0 fully saturated rings. The summed E-state index contributed by atoms with van der Waals surface area (Å²) in [5.41, 5.74) is 4.06. The Labute approximate surface area is 283 Å². The second kappa shape index (κ2) is 20.6. The second-order valence-corrected chi connectivity index (χ2v) is 4.80. The van der Waals surface area contributed by atoms with Gasteiger partial charge in [-0.1, -0.05) is 41.5 Å². The van der Waals surface area contributed by atoms with E-state index in [1.165, 1.54) is 34.4 Å². The molecule has 0 aliphatic heterocycles. The molecule has 0 bridgehead atoms. The molecule has 0 N–H and O–H groups in total. The molecule has 3 heteroatoms. The van der Waals surface area contributed by atoms with E-state index >= 15 is 0 Å². The minimum atomic E-state index is 0. The van der Waals surface area contributed by atoms with Gasteiger partial charge in [-0.05, 0) is 0 Å². The summed E-state index contributed by atoms with van der Waals surface area (Å²) in [6, 6.07) is 6.82. The van der Waals surface area contributed by atoms with E-state index in [9.17, 15) is 0 Å². The van der Waals surface area contributed by atoms with Gasteiger partial charge in [-0.3, -0.25) is 0 Å². The van der Waals surface area contributed by atoms with E-state index in [0.29, 0.717) is 0 Å². The third-order valence-corrected chi connectivity index (χ3v) is 2.67. The minimum absolute atomic E-state index is 0. The molecule has 0 saturated carbocycles. The first-order valence-corrected chi connectivity index (χ1v) is 5.48. The van der Waals surface area contributed by atoms with Crippen LogP contribution in [0.4, 0.5) is 0 Å². The monoisotopic (exact) mass is 501 g/mol. The van der Waals surface area contributed by atoms with Gasteiger partial charge in [0.2, 0.25) is 0 Å². The van der Waals surface area contributed by atoms with Crippen LogP contribution < -0.4 is 175 Å². The zero-order chi connectivity index (χ0) is 11.6. The first-order chi connectivity index (χ1) is 6.91. The zero-order valence-electron chi connectivity index (χ0n) is 16.7. The van der Waals surface area contributed by atoms with Crippen molar-refractivity contribution in [3.63, 3.8) is 0 Å². The van der Waals surface area contributed by atoms with Gasteiger partial charge >= 0.3 is 175 Å². The Balaban J connectivity index is -0.0000000937. The molecular weight excluding hydrogens is 473 g/mol. The molecule has 0 unspecified atom stereocenters. The quantitative estimate of drug-likeness (QED) is 0.385. The first-order valence-electron chi connectivity index (χ1n) is 5.48. The fourth-order valence-electron chi connectivity index (χ4n) is 1.49. The van der Waals surface area contributed by atoms with Gasteiger partial charge in [0.05, 0.1) is 0 Å². The molecule has 0 nitrogen and oxygen atoms in total. The van der Waals surface area contributed by atoms with Gasteiger partial charge in [0.1, 0.15) is 0 Å². The SMILES string of the molecule is C[C-](C)c1cc([C-](C)C)cc([C-](C)C)c1.[CH3-].[CH3-].[CH3-].[Rb+].[Rb+].[Rb+]. The van der Waals surface area contributed by atoms with Crippen molar-refractivity contribution in [2.75, 3.05) is 0 Å². The smallest absolute Gasteiger partial charge is 0.358 e. The molecule has 0 aliphatic carbocycles. The summed E-state index contributed by atoms with van der Waals surface area (Å²) in [5, 5.41) is 0. The third-order valence-electron chi connectivity index (χ3n) is 2.67. The predicted molar refractivity (Wildman–Crippen MR) is 86.8 cm³/mol. The number of rotatable bonds is 3. The summed E-state index contributed by atoms with van der Waals surface area (Å²) in [6.07, 6.45) is 0. The molecule has 21 heavy (non-hydrogen) atoms. The molecule has 0 amide bonds. The molecule has 1 aromatic carbocycles. The molecule has 0 aliphatic rings. The van der Waals surface area contributed by atoms with Crippen LogP contribution in [0, 0.1) is 40.0 Å². The molecule has 108 valence electrons. The Hall–Kier alpha value is 4.25. The summed E-state index contributed by atoms with van der Waals surface area (Å²) < 4.78 is 0. The van der Waals surface area contributed by atoms with Gasteiger partial charge in [-0.2, -0.15) is 52.6 Å². The Bertz CT molecular complexity index is 266. The molecule has 0 aromatic heterocycles. The van der Waals surface area contributed by atoms with Crippen LogP contribution >= 0.6 is 0 Å². The van der Waals surface area contributed by atoms with Gasteiger partial charge in [-0.15, -0.1) is 0 Å². The summed E-state index contributed by atoms with van der Waals surface area (Å²) in [5.74, 6) is 4.13. The van der Waals surface area contributed by atoms with E-state index in [4.69, 9.17) is 0 Å². The molecule has 0 radical (unpaired) electrons. The maximum atomic E-state index is 2.27. The number of benzene rings is 1. The molecular formula is C18H30Rb3-3. The molecule has 0 atom stereocenters. The van der Waals surface area contributed by atoms with Crippen molar-refractivity contribution in [3.8, 4) is 0 Å². The summed E-state index contributed by atoms with van der Waals surface area (Å²) in [7, 11) is 0. The number of hydrogen-bond acceptors (Lipinski definition) is 0. The van der Waals surface area contributed by atoms with Crippen LogP contribution in [0.1, 0.15) is 58.2 Å². The van der Waals surface area contributed by atoms with Crippen molar-refractivity contribution in [2.24, 2.45) is 0 Å². The Morgan fingerprint density at radius 3 is 0.714 bits per heavy atom. The largest absolute Gasteiger partial charge is 1.00 e. The van der Waals surface area contributed by atoms with Crippen molar-refractivity contribution in [3.05, 3.63) is 74.9 Å². The van der Waals surface area contributed by atoms with Gasteiger partial charge in [0, 0.05) is 0 Å². The molecule has 0 saturated heterocycles. The summed E-state index contributed by atoms with van der Waals surface area (Å²) in [6.45, 7) is 13.0. The van der Waals surface area contributed by atoms with E-state index in [1.807, 2.05) is 0 Å². The third kappa shape index (κ3) is 15.0. The molecule has 1 aromatic rings. The number of hydrogen-bond donors (Lipinski definition) is 0. The fourth-order valence-corrected chi connectivity index (χ4v) is 1.49. The van der Waals surface area contributed by atoms with Crippen molar-refractivity contribution >= 4 is 0 Å². The normalized spacial score (nSPS) is 7.14. The van der Waals surface area contributed by atoms with Crippen molar-refractivity contribution in [1.82, 2.24) is 0 Å². The van der Waals surface area contributed by atoms with Crippen molar-refractivity contribution in [2.45, 2.75) is 41.5 Å². The topological polar surface area (TPSA) is 0 Å². The van der Waals surface area contributed by atoms with Crippen LogP contribution in [0.25, 0.3) is 0 Å². The van der Waals surface area contributed by atoms with E-state index in [-0.39, 0.29) is 197 Å². The van der Waals surface area contributed by atoms with Crippen LogP contribution in [0.3, 0.4) is 0 Å². The van der Waals surface area contributed by atoms with E-state index in [1.54, 1.807) is 0 Å². The average molecular weight is 503 g/mol. The molecule has 1 rings (SSSR count). The zero-order valence-corrected chi connectivity index (χ0v) is 31.5. The Kier molecular flexibility index (Phi) is 39.2. The van der Waals surface area contributed by atoms with Crippen LogP contribution in [0.5, 0.6) is 0 Å². The summed E-state index contributed by atoms with van der Waals surface area (Å²) >= 11 is 0. The Morgan fingerprint density at radius 2 is 0.619 bits per heavy atom. The van der Waals surface area contributed by atoms with Crippen molar-refractivity contribution in [1.29, 1.82) is 0 Å². The minimum Gasteiger partial charge on any atom is -0.358 e. The summed E-state index contributed by atoms with van der Waals surface area (Å²) in [4.78, 5) is 0. The first kappa shape index (κ1) is 40.1.